The molecule has 1 rings (SSSR count). The quantitative estimate of drug-likeness (QED) is 0.688. The molecule has 0 unspecified atom stereocenters. The van der Waals surface area contributed by atoms with Gasteiger partial charge < -0.3 is 4.74 Å². The first kappa shape index (κ1) is 10.8. The fourth-order valence-electron chi connectivity index (χ4n) is 1.44. The van der Waals surface area contributed by atoms with Crippen molar-refractivity contribution in [3.63, 3.8) is 0 Å². The molecule has 0 aromatic rings. The highest BCUT2D eigenvalue weighted by Gasteiger charge is 2.31. The molecule has 3 nitrogen and oxygen atoms in total. The van der Waals surface area contributed by atoms with Crippen molar-refractivity contribution in [2.45, 2.75) is 18.4 Å². The number of hydrogen-bond donors (Lipinski definition) is 1. The maximum Gasteiger partial charge on any atom is 0.108 e. The molecule has 1 N–H and O–H groups in total. The van der Waals surface area contributed by atoms with E-state index < -0.39 is 0 Å². The first-order valence-electron chi connectivity index (χ1n) is 4.56. The minimum atomic E-state index is -0.274. The molecule has 13 heavy (non-hydrogen) atoms. The molecule has 1 heterocycles. The molecule has 1 aliphatic rings. The van der Waals surface area contributed by atoms with Gasteiger partial charge in [-0.25, -0.2) is 0 Å². The molecule has 1 fully saturated rings. The zero-order chi connectivity index (χ0) is 9.57. The van der Waals surface area contributed by atoms with E-state index >= 15 is 0 Å². The van der Waals surface area contributed by atoms with E-state index in [4.69, 9.17) is 10.00 Å². The lowest BCUT2D eigenvalue weighted by atomic mass is 9.94. The smallest absolute Gasteiger partial charge is 0.108 e. The van der Waals surface area contributed by atoms with Gasteiger partial charge >= 0.3 is 0 Å². The van der Waals surface area contributed by atoms with Crippen molar-refractivity contribution in [2.24, 2.45) is 0 Å². The second-order valence-electron chi connectivity index (χ2n) is 3.23. The van der Waals surface area contributed by atoms with Crippen LogP contribution in [0.3, 0.4) is 0 Å². The molecule has 0 bridgehead atoms. The highest BCUT2D eigenvalue weighted by Crippen LogP contribution is 2.26. The number of methoxy groups -OCH3 is 1. The average molecular weight is 200 g/mol. The number of hydrogen-bond acceptors (Lipinski definition) is 4. The van der Waals surface area contributed by atoms with Gasteiger partial charge in [-0.15, -0.1) is 0 Å². The molecule has 74 valence electrons. The van der Waals surface area contributed by atoms with Gasteiger partial charge in [0.25, 0.3) is 0 Å². The van der Waals surface area contributed by atoms with Crippen molar-refractivity contribution < 1.29 is 4.74 Å². The van der Waals surface area contributed by atoms with Crippen LogP contribution in [0.5, 0.6) is 0 Å². The summed E-state index contributed by atoms with van der Waals surface area (Å²) in [4.78, 5) is 0. The van der Waals surface area contributed by atoms with Crippen LogP contribution >= 0.6 is 11.8 Å². The molecule has 0 aliphatic carbocycles. The standard InChI is InChI=1S/C9H16N2OS/c1-12-5-4-11-9(8-10)2-6-13-7-3-9/h11H,2-7H2,1H3. The van der Waals surface area contributed by atoms with E-state index in [1.165, 1.54) is 0 Å². The van der Waals surface area contributed by atoms with Crippen molar-refractivity contribution in [2.75, 3.05) is 31.8 Å². The number of thioether (sulfide) groups is 1. The van der Waals surface area contributed by atoms with Crippen LogP contribution < -0.4 is 5.32 Å². The molecule has 4 heteroatoms. The molecular formula is C9H16N2OS. The summed E-state index contributed by atoms with van der Waals surface area (Å²) in [7, 11) is 1.68. The maximum absolute atomic E-state index is 9.08. The molecule has 1 aliphatic heterocycles. The van der Waals surface area contributed by atoms with Gasteiger partial charge in [-0.3, -0.25) is 5.32 Å². The van der Waals surface area contributed by atoms with Crippen molar-refractivity contribution in [3.8, 4) is 6.07 Å². The van der Waals surface area contributed by atoms with E-state index in [1.54, 1.807) is 7.11 Å². The van der Waals surface area contributed by atoms with Crippen molar-refractivity contribution in [3.05, 3.63) is 0 Å². The zero-order valence-electron chi connectivity index (χ0n) is 8.01. The summed E-state index contributed by atoms with van der Waals surface area (Å²) in [6.07, 6.45) is 1.91. The normalized spacial score (nSPS) is 20.9. The van der Waals surface area contributed by atoms with Crippen LogP contribution in [-0.2, 0) is 4.74 Å². The summed E-state index contributed by atoms with van der Waals surface area (Å²) >= 11 is 1.93. The predicted octanol–water partition coefficient (Wildman–Crippen LogP) is 1.01. The largest absolute Gasteiger partial charge is 0.383 e. The van der Waals surface area contributed by atoms with Gasteiger partial charge in [-0.05, 0) is 24.3 Å². The van der Waals surface area contributed by atoms with Gasteiger partial charge in [0.15, 0.2) is 0 Å². The second kappa shape index (κ2) is 5.48. The lowest BCUT2D eigenvalue weighted by molar-refractivity contribution is 0.189. The lowest BCUT2D eigenvalue weighted by Crippen LogP contribution is -2.47. The van der Waals surface area contributed by atoms with E-state index in [0.717, 1.165) is 30.9 Å². The zero-order valence-corrected chi connectivity index (χ0v) is 8.82. The second-order valence-corrected chi connectivity index (χ2v) is 4.45. The lowest BCUT2D eigenvalue weighted by Gasteiger charge is -2.31. The van der Waals surface area contributed by atoms with Gasteiger partial charge in [0.05, 0.1) is 12.7 Å². The Labute approximate surface area is 83.8 Å². The van der Waals surface area contributed by atoms with Crippen molar-refractivity contribution in [1.82, 2.24) is 5.32 Å². The number of nitrogens with one attached hydrogen (secondary N) is 1. The van der Waals surface area contributed by atoms with Crippen LogP contribution in [0, 0.1) is 11.3 Å². The molecular weight excluding hydrogens is 184 g/mol. The molecule has 0 radical (unpaired) electrons. The summed E-state index contributed by atoms with van der Waals surface area (Å²) in [5, 5.41) is 12.4. The molecule has 0 aromatic carbocycles. The Balaban J connectivity index is 2.35. The van der Waals surface area contributed by atoms with Gasteiger partial charge in [-0.1, -0.05) is 0 Å². The topological polar surface area (TPSA) is 45.0 Å². The van der Waals surface area contributed by atoms with E-state index in [9.17, 15) is 0 Å². The Morgan fingerprint density at radius 2 is 2.23 bits per heavy atom. The van der Waals surface area contributed by atoms with Crippen molar-refractivity contribution in [1.29, 1.82) is 5.26 Å². The molecule has 0 aromatic heterocycles. The SMILES string of the molecule is COCCNC1(C#N)CCSCC1. The average Bonchev–Trinajstić information content (AvgIpc) is 2.20. The van der Waals surface area contributed by atoms with E-state index in [2.05, 4.69) is 11.4 Å². The van der Waals surface area contributed by atoms with Crippen LogP contribution in [-0.4, -0.2) is 37.3 Å². The Morgan fingerprint density at radius 1 is 1.54 bits per heavy atom. The number of nitrogens with zero attached hydrogens (tertiary/aromatic N) is 1. The Bertz CT molecular complexity index is 185. The molecule has 0 saturated carbocycles. The fraction of sp³-hybridized carbons (Fsp3) is 0.889. The van der Waals surface area contributed by atoms with Gasteiger partial charge in [0, 0.05) is 13.7 Å². The summed E-state index contributed by atoms with van der Waals surface area (Å²) in [5.74, 6) is 2.18. The summed E-state index contributed by atoms with van der Waals surface area (Å²) in [5.41, 5.74) is -0.274. The highest BCUT2D eigenvalue weighted by molar-refractivity contribution is 7.99. The van der Waals surface area contributed by atoms with E-state index in [0.29, 0.717) is 6.61 Å². The van der Waals surface area contributed by atoms with Crippen LogP contribution in [0.4, 0.5) is 0 Å². The highest BCUT2D eigenvalue weighted by atomic mass is 32.2. The minimum Gasteiger partial charge on any atom is -0.383 e. The molecule has 0 spiro atoms. The van der Waals surface area contributed by atoms with Crippen molar-refractivity contribution >= 4 is 11.8 Å². The summed E-state index contributed by atoms with van der Waals surface area (Å²) in [6, 6.07) is 2.40. The minimum absolute atomic E-state index is 0.274. The van der Waals surface area contributed by atoms with Gasteiger partial charge in [0.1, 0.15) is 5.54 Å². The molecule has 1 saturated heterocycles. The third kappa shape index (κ3) is 3.18. The monoisotopic (exact) mass is 200 g/mol. The number of ether oxygens (including phenoxy) is 1. The van der Waals surface area contributed by atoms with Crippen LogP contribution in [0.15, 0.2) is 0 Å². The Hall–Kier alpha value is -0.240. The van der Waals surface area contributed by atoms with Crippen LogP contribution in [0.25, 0.3) is 0 Å². The fourth-order valence-corrected chi connectivity index (χ4v) is 2.63. The maximum atomic E-state index is 9.08. The number of rotatable bonds is 4. The van der Waals surface area contributed by atoms with Crippen LogP contribution in [0.1, 0.15) is 12.8 Å². The molecule has 0 atom stereocenters. The summed E-state index contributed by atoms with van der Waals surface area (Å²) < 4.78 is 4.95. The van der Waals surface area contributed by atoms with E-state index in [1.807, 2.05) is 11.8 Å². The van der Waals surface area contributed by atoms with Gasteiger partial charge in [0.2, 0.25) is 0 Å². The van der Waals surface area contributed by atoms with E-state index in [-0.39, 0.29) is 5.54 Å². The molecule has 0 amide bonds. The van der Waals surface area contributed by atoms with Gasteiger partial charge in [-0.2, -0.15) is 17.0 Å². The third-order valence-electron chi connectivity index (χ3n) is 2.33. The number of nitriles is 1. The van der Waals surface area contributed by atoms with Crippen LogP contribution in [0.2, 0.25) is 0 Å². The first-order chi connectivity index (χ1) is 6.33. The first-order valence-corrected chi connectivity index (χ1v) is 5.71. The summed E-state index contributed by atoms with van der Waals surface area (Å²) in [6.45, 7) is 1.45. The third-order valence-corrected chi connectivity index (χ3v) is 3.32. The Kier molecular flexibility index (Phi) is 4.57. The Morgan fingerprint density at radius 3 is 2.77 bits per heavy atom. The predicted molar refractivity (Wildman–Crippen MR) is 54.8 cm³/mol.